The SMILES string of the molecule is O=C(N/C(=C/c1ccco1)C(=O)N1CCC(O)CC1)c1ccccc1. The molecule has 25 heavy (non-hydrogen) atoms. The fraction of sp³-hybridized carbons (Fsp3) is 0.263. The van der Waals surface area contributed by atoms with Crippen LogP contribution in [-0.2, 0) is 4.79 Å². The van der Waals surface area contributed by atoms with Crippen LogP contribution in [0.25, 0.3) is 6.08 Å². The minimum Gasteiger partial charge on any atom is -0.465 e. The lowest BCUT2D eigenvalue weighted by molar-refractivity contribution is -0.129. The van der Waals surface area contributed by atoms with Gasteiger partial charge in [-0.25, -0.2) is 0 Å². The van der Waals surface area contributed by atoms with Crippen LogP contribution >= 0.6 is 0 Å². The number of likely N-dealkylation sites (tertiary alicyclic amines) is 1. The van der Waals surface area contributed by atoms with Crippen molar-refractivity contribution < 1.29 is 19.1 Å². The molecule has 0 bridgehead atoms. The number of nitrogens with one attached hydrogen (secondary N) is 1. The Labute approximate surface area is 145 Å². The van der Waals surface area contributed by atoms with Crippen LogP contribution in [0.4, 0.5) is 0 Å². The molecule has 2 aromatic rings. The van der Waals surface area contributed by atoms with E-state index >= 15 is 0 Å². The molecule has 1 aliphatic rings. The first-order valence-electron chi connectivity index (χ1n) is 8.22. The third-order valence-corrected chi connectivity index (χ3v) is 4.10. The fourth-order valence-electron chi connectivity index (χ4n) is 2.69. The lowest BCUT2D eigenvalue weighted by Crippen LogP contribution is -2.43. The molecule has 0 atom stereocenters. The van der Waals surface area contributed by atoms with Gasteiger partial charge in [-0.05, 0) is 37.1 Å². The molecule has 6 heteroatoms. The lowest BCUT2D eigenvalue weighted by atomic mass is 10.1. The highest BCUT2D eigenvalue weighted by atomic mass is 16.3. The Morgan fingerprint density at radius 2 is 1.84 bits per heavy atom. The van der Waals surface area contributed by atoms with Gasteiger partial charge in [0.15, 0.2) is 0 Å². The molecule has 0 unspecified atom stereocenters. The number of nitrogens with zero attached hydrogens (tertiary/aromatic N) is 1. The molecule has 130 valence electrons. The van der Waals surface area contributed by atoms with Crippen LogP contribution in [-0.4, -0.2) is 41.0 Å². The summed E-state index contributed by atoms with van der Waals surface area (Å²) in [6.07, 6.45) is 3.72. The fourth-order valence-corrected chi connectivity index (χ4v) is 2.69. The Hall–Kier alpha value is -2.86. The van der Waals surface area contributed by atoms with Crippen molar-refractivity contribution in [2.45, 2.75) is 18.9 Å². The first-order chi connectivity index (χ1) is 12.1. The van der Waals surface area contributed by atoms with Crippen molar-refractivity contribution in [2.24, 2.45) is 0 Å². The van der Waals surface area contributed by atoms with Crippen LogP contribution in [0.1, 0.15) is 29.0 Å². The summed E-state index contributed by atoms with van der Waals surface area (Å²) in [5.74, 6) is -0.162. The largest absolute Gasteiger partial charge is 0.465 e. The van der Waals surface area contributed by atoms with Gasteiger partial charge in [0.25, 0.3) is 11.8 Å². The Bertz CT molecular complexity index is 745. The molecule has 0 aliphatic carbocycles. The zero-order chi connectivity index (χ0) is 17.6. The molecule has 1 saturated heterocycles. The van der Waals surface area contributed by atoms with Gasteiger partial charge in [0.2, 0.25) is 0 Å². The second kappa shape index (κ2) is 7.81. The molecule has 1 aromatic carbocycles. The summed E-state index contributed by atoms with van der Waals surface area (Å²) in [5.41, 5.74) is 0.620. The smallest absolute Gasteiger partial charge is 0.270 e. The highest BCUT2D eigenvalue weighted by Crippen LogP contribution is 2.15. The summed E-state index contributed by atoms with van der Waals surface area (Å²) in [6, 6.07) is 12.1. The summed E-state index contributed by atoms with van der Waals surface area (Å²) in [6.45, 7) is 0.910. The lowest BCUT2D eigenvalue weighted by Gasteiger charge is -2.30. The molecule has 2 N–H and O–H groups in total. The third kappa shape index (κ3) is 4.36. The molecule has 0 radical (unpaired) electrons. The number of piperidine rings is 1. The summed E-state index contributed by atoms with van der Waals surface area (Å²) >= 11 is 0. The van der Waals surface area contributed by atoms with E-state index in [-0.39, 0.29) is 23.6 Å². The number of rotatable bonds is 4. The topological polar surface area (TPSA) is 82.8 Å². The molecular weight excluding hydrogens is 320 g/mol. The third-order valence-electron chi connectivity index (χ3n) is 4.10. The van der Waals surface area contributed by atoms with E-state index in [9.17, 15) is 14.7 Å². The van der Waals surface area contributed by atoms with E-state index in [1.165, 1.54) is 12.3 Å². The Kier molecular flexibility index (Phi) is 5.30. The second-order valence-electron chi connectivity index (χ2n) is 5.92. The van der Waals surface area contributed by atoms with Crippen LogP contribution in [0.3, 0.4) is 0 Å². The molecule has 2 amide bonds. The number of benzene rings is 1. The van der Waals surface area contributed by atoms with Gasteiger partial charge >= 0.3 is 0 Å². The Morgan fingerprint density at radius 3 is 2.48 bits per heavy atom. The van der Waals surface area contributed by atoms with Gasteiger partial charge in [0, 0.05) is 24.7 Å². The highest BCUT2D eigenvalue weighted by molar-refractivity contribution is 6.05. The van der Waals surface area contributed by atoms with E-state index in [0.29, 0.717) is 37.3 Å². The van der Waals surface area contributed by atoms with Crippen LogP contribution < -0.4 is 5.32 Å². The van der Waals surface area contributed by atoms with Crippen molar-refractivity contribution in [3.63, 3.8) is 0 Å². The molecule has 1 aromatic heterocycles. The zero-order valence-corrected chi connectivity index (χ0v) is 13.7. The van der Waals surface area contributed by atoms with E-state index in [0.717, 1.165) is 0 Å². The maximum Gasteiger partial charge on any atom is 0.270 e. The Balaban J connectivity index is 1.80. The zero-order valence-electron chi connectivity index (χ0n) is 13.7. The van der Waals surface area contributed by atoms with Crippen molar-refractivity contribution >= 4 is 17.9 Å². The van der Waals surface area contributed by atoms with Gasteiger partial charge in [-0.15, -0.1) is 0 Å². The first kappa shape index (κ1) is 17.0. The molecule has 3 rings (SSSR count). The molecule has 1 fully saturated rings. The molecule has 1 aliphatic heterocycles. The van der Waals surface area contributed by atoms with Crippen molar-refractivity contribution in [2.75, 3.05) is 13.1 Å². The molecule has 0 spiro atoms. The van der Waals surface area contributed by atoms with Gasteiger partial charge < -0.3 is 19.7 Å². The van der Waals surface area contributed by atoms with Crippen LogP contribution in [0.5, 0.6) is 0 Å². The Morgan fingerprint density at radius 1 is 1.12 bits per heavy atom. The minimum absolute atomic E-state index is 0.153. The van der Waals surface area contributed by atoms with E-state index in [1.807, 2.05) is 6.07 Å². The standard InChI is InChI=1S/C19H20N2O4/c22-15-8-10-21(11-9-15)19(24)17(13-16-7-4-12-25-16)20-18(23)14-5-2-1-3-6-14/h1-7,12-13,15,22H,8-11H2,(H,20,23)/b17-13+. The number of carbonyl (C=O) groups excluding carboxylic acids is 2. The average Bonchev–Trinajstić information content (AvgIpc) is 3.15. The van der Waals surface area contributed by atoms with E-state index in [2.05, 4.69) is 5.32 Å². The van der Waals surface area contributed by atoms with Gasteiger partial charge in [0.05, 0.1) is 12.4 Å². The van der Waals surface area contributed by atoms with Crippen LogP contribution in [0.2, 0.25) is 0 Å². The maximum atomic E-state index is 12.8. The number of carbonyl (C=O) groups is 2. The predicted molar refractivity (Wildman–Crippen MR) is 92.4 cm³/mol. The first-order valence-corrected chi connectivity index (χ1v) is 8.22. The molecule has 0 saturated carbocycles. The number of aliphatic hydroxyl groups excluding tert-OH is 1. The number of amides is 2. The number of furan rings is 1. The summed E-state index contributed by atoms with van der Waals surface area (Å²) in [5, 5.41) is 12.3. The van der Waals surface area contributed by atoms with E-state index < -0.39 is 0 Å². The average molecular weight is 340 g/mol. The van der Waals surface area contributed by atoms with Gasteiger partial charge in [-0.1, -0.05) is 18.2 Å². The van der Waals surface area contributed by atoms with Gasteiger partial charge in [0.1, 0.15) is 11.5 Å². The highest BCUT2D eigenvalue weighted by Gasteiger charge is 2.25. The monoisotopic (exact) mass is 340 g/mol. The second-order valence-corrected chi connectivity index (χ2v) is 5.92. The predicted octanol–water partition coefficient (Wildman–Crippen LogP) is 2.03. The summed E-state index contributed by atoms with van der Waals surface area (Å²) < 4.78 is 5.27. The number of aliphatic hydroxyl groups is 1. The van der Waals surface area contributed by atoms with Crippen molar-refractivity contribution in [3.8, 4) is 0 Å². The normalized spacial score (nSPS) is 15.9. The van der Waals surface area contributed by atoms with Crippen molar-refractivity contribution in [3.05, 3.63) is 65.7 Å². The van der Waals surface area contributed by atoms with Crippen LogP contribution in [0, 0.1) is 0 Å². The van der Waals surface area contributed by atoms with Crippen molar-refractivity contribution in [1.29, 1.82) is 0 Å². The number of hydrogen-bond acceptors (Lipinski definition) is 4. The molecule has 6 nitrogen and oxygen atoms in total. The summed E-state index contributed by atoms with van der Waals surface area (Å²) in [7, 11) is 0. The quantitative estimate of drug-likeness (QED) is 0.835. The van der Waals surface area contributed by atoms with Gasteiger partial charge in [-0.2, -0.15) is 0 Å². The molecule has 2 heterocycles. The van der Waals surface area contributed by atoms with E-state index in [4.69, 9.17) is 4.42 Å². The maximum absolute atomic E-state index is 12.8. The summed E-state index contributed by atoms with van der Waals surface area (Å²) in [4.78, 5) is 26.9. The molecular formula is C19H20N2O4. The van der Waals surface area contributed by atoms with Crippen LogP contribution in [0.15, 0.2) is 58.8 Å². The minimum atomic E-state index is -0.375. The van der Waals surface area contributed by atoms with E-state index in [1.54, 1.807) is 41.3 Å². The number of hydrogen-bond donors (Lipinski definition) is 2. The van der Waals surface area contributed by atoms with Crippen molar-refractivity contribution in [1.82, 2.24) is 10.2 Å². The van der Waals surface area contributed by atoms with Gasteiger partial charge in [-0.3, -0.25) is 9.59 Å².